The molecule has 4 heteroatoms. The van der Waals surface area contributed by atoms with Gasteiger partial charge in [-0.25, -0.2) is 8.42 Å². The summed E-state index contributed by atoms with van der Waals surface area (Å²) < 4.78 is 29.2. The van der Waals surface area contributed by atoms with Gasteiger partial charge in [0.2, 0.25) is 10.0 Å². The fraction of sp³-hybridized carbons (Fsp3) is 0.152. The molecular formula is C33H29NO2S. The lowest BCUT2D eigenvalue weighted by Gasteiger charge is -2.20. The van der Waals surface area contributed by atoms with E-state index in [0.29, 0.717) is 18.0 Å². The molecule has 0 atom stereocenters. The number of sulfonamides is 1. The Morgan fingerprint density at radius 1 is 0.595 bits per heavy atom. The molecule has 0 amide bonds. The van der Waals surface area contributed by atoms with Crippen LogP contribution in [0.2, 0.25) is 0 Å². The van der Waals surface area contributed by atoms with Crippen LogP contribution in [0.5, 0.6) is 0 Å². The van der Waals surface area contributed by atoms with Gasteiger partial charge in [0, 0.05) is 13.1 Å². The van der Waals surface area contributed by atoms with Crippen molar-refractivity contribution in [1.29, 1.82) is 0 Å². The van der Waals surface area contributed by atoms with Crippen molar-refractivity contribution in [2.24, 2.45) is 0 Å². The minimum atomic E-state index is -3.65. The molecule has 0 N–H and O–H groups in total. The molecule has 6 rings (SSSR count). The number of rotatable bonds is 4. The molecule has 1 aliphatic heterocycles. The van der Waals surface area contributed by atoms with Crippen LogP contribution in [0.1, 0.15) is 27.8 Å². The highest BCUT2D eigenvalue weighted by molar-refractivity contribution is 7.89. The van der Waals surface area contributed by atoms with Gasteiger partial charge in [-0.2, -0.15) is 4.31 Å². The van der Waals surface area contributed by atoms with E-state index in [1.807, 2.05) is 31.2 Å². The molecule has 184 valence electrons. The van der Waals surface area contributed by atoms with E-state index in [4.69, 9.17) is 0 Å². The van der Waals surface area contributed by atoms with Gasteiger partial charge in [-0.1, -0.05) is 90.5 Å². The molecule has 0 saturated heterocycles. The molecule has 5 aromatic carbocycles. The molecule has 0 saturated carbocycles. The number of hydrogen-bond acceptors (Lipinski definition) is 2. The minimum absolute atomic E-state index is 0.340. The van der Waals surface area contributed by atoms with Crippen molar-refractivity contribution in [3.63, 3.8) is 0 Å². The molecule has 0 bridgehead atoms. The highest BCUT2D eigenvalue weighted by Gasteiger charge is 2.35. The van der Waals surface area contributed by atoms with Crippen LogP contribution in [0.4, 0.5) is 0 Å². The van der Waals surface area contributed by atoms with Gasteiger partial charge in [0.25, 0.3) is 0 Å². The van der Waals surface area contributed by atoms with Crippen LogP contribution in [0.15, 0.2) is 102 Å². The van der Waals surface area contributed by atoms with Gasteiger partial charge in [0.15, 0.2) is 0 Å². The van der Waals surface area contributed by atoms with Crippen LogP contribution in [-0.2, 0) is 23.1 Å². The van der Waals surface area contributed by atoms with Crippen LogP contribution >= 0.6 is 0 Å². The highest BCUT2D eigenvalue weighted by atomic mass is 32.2. The number of hydrogen-bond donors (Lipinski definition) is 0. The lowest BCUT2D eigenvalue weighted by Crippen LogP contribution is -2.25. The zero-order valence-electron chi connectivity index (χ0n) is 21.3. The molecule has 0 aliphatic carbocycles. The smallest absolute Gasteiger partial charge is 0.207 e. The lowest BCUT2D eigenvalue weighted by molar-refractivity contribution is 0.432. The average molecular weight is 504 g/mol. The Bertz CT molecular complexity index is 1740. The van der Waals surface area contributed by atoms with E-state index in [0.717, 1.165) is 38.8 Å². The maximum absolute atomic E-state index is 13.8. The predicted octanol–water partition coefficient (Wildman–Crippen LogP) is 7.80. The molecule has 0 aromatic heterocycles. The van der Waals surface area contributed by atoms with Crippen molar-refractivity contribution >= 4 is 20.8 Å². The summed E-state index contributed by atoms with van der Waals surface area (Å²) in [6.07, 6.45) is 0. The van der Waals surface area contributed by atoms with E-state index in [1.165, 1.54) is 22.1 Å². The Morgan fingerprint density at radius 3 is 1.70 bits per heavy atom. The number of benzene rings is 5. The second-order valence-electron chi connectivity index (χ2n) is 10.0. The SMILES string of the molecule is Cc1ccc(S(=O)(=O)N2Cc3c(-c4ccccc4)c(-c4ccccc4)c4cc(C)c(C)cc4c3C2)cc1. The third kappa shape index (κ3) is 3.97. The Labute approximate surface area is 219 Å². The first-order chi connectivity index (χ1) is 17.8. The maximum atomic E-state index is 13.8. The second kappa shape index (κ2) is 8.98. The van der Waals surface area contributed by atoms with E-state index in [1.54, 1.807) is 16.4 Å². The van der Waals surface area contributed by atoms with E-state index < -0.39 is 10.0 Å². The number of aryl methyl sites for hydroxylation is 3. The average Bonchev–Trinajstić information content (AvgIpc) is 3.36. The summed E-state index contributed by atoms with van der Waals surface area (Å²) >= 11 is 0. The summed E-state index contributed by atoms with van der Waals surface area (Å²) in [6.45, 7) is 6.95. The Hall–Kier alpha value is -3.73. The second-order valence-corrected chi connectivity index (χ2v) is 11.9. The molecule has 0 radical (unpaired) electrons. The van der Waals surface area contributed by atoms with Crippen LogP contribution in [-0.4, -0.2) is 12.7 Å². The molecular weight excluding hydrogens is 474 g/mol. The fourth-order valence-corrected chi connectivity index (χ4v) is 6.87. The topological polar surface area (TPSA) is 37.4 Å². The largest absolute Gasteiger partial charge is 0.243 e. The normalized spacial score (nSPS) is 13.7. The van der Waals surface area contributed by atoms with E-state index >= 15 is 0 Å². The first kappa shape index (κ1) is 23.7. The zero-order chi connectivity index (χ0) is 25.7. The van der Waals surface area contributed by atoms with Crippen LogP contribution < -0.4 is 0 Å². The Morgan fingerprint density at radius 2 is 1.11 bits per heavy atom. The Kier molecular flexibility index (Phi) is 5.74. The highest BCUT2D eigenvalue weighted by Crippen LogP contribution is 2.47. The first-order valence-corrected chi connectivity index (χ1v) is 14.0. The summed E-state index contributed by atoms with van der Waals surface area (Å²) in [7, 11) is -3.65. The van der Waals surface area contributed by atoms with E-state index in [-0.39, 0.29) is 0 Å². The van der Waals surface area contributed by atoms with Gasteiger partial charge in [0.05, 0.1) is 4.90 Å². The van der Waals surface area contributed by atoms with Crippen LogP contribution in [0.25, 0.3) is 33.0 Å². The van der Waals surface area contributed by atoms with Crippen molar-refractivity contribution in [1.82, 2.24) is 4.31 Å². The van der Waals surface area contributed by atoms with Gasteiger partial charge in [0.1, 0.15) is 0 Å². The van der Waals surface area contributed by atoms with Crippen molar-refractivity contribution in [2.75, 3.05) is 0 Å². The molecule has 37 heavy (non-hydrogen) atoms. The summed E-state index contributed by atoms with van der Waals surface area (Å²) in [5.74, 6) is 0. The van der Waals surface area contributed by atoms with Gasteiger partial charge in [-0.3, -0.25) is 0 Å². The lowest BCUT2D eigenvalue weighted by atomic mass is 9.83. The van der Waals surface area contributed by atoms with E-state index in [2.05, 4.69) is 74.5 Å². The quantitative estimate of drug-likeness (QED) is 0.251. The Balaban J connectivity index is 1.66. The zero-order valence-corrected chi connectivity index (χ0v) is 22.1. The molecule has 0 unspecified atom stereocenters. The van der Waals surface area contributed by atoms with Crippen LogP contribution in [0.3, 0.4) is 0 Å². The minimum Gasteiger partial charge on any atom is -0.207 e. The van der Waals surface area contributed by atoms with Crippen LogP contribution in [0, 0.1) is 20.8 Å². The summed E-state index contributed by atoms with van der Waals surface area (Å²) in [6, 6.07) is 32.5. The number of nitrogens with zero attached hydrogens (tertiary/aromatic N) is 1. The third-order valence-corrected chi connectivity index (χ3v) is 9.40. The van der Waals surface area contributed by atoms with E-state index in [9.17, 15) is 8.42 Å². The van der Waals surface area contributed by atoms with Gasteiger partial charge in [-0.15, -0.1) is 0 Å². The first-order valence-electron chi connectivity index (χ1n) is 12.6. The molecule has 1 aliphatic rings. The molecule has 1 heterocycles. The van der Waals surface area contributed by atoms with Crippen molar-refractivity contribution < 1.29 is 8.42 Å². The standard InChI is InChI=1S/C33H29NO2S/c1-22-14-16-27(17-15-22)37(35,36)34-20-30-28-18-23(2)24(3)19-29(28)32(25-10-6-4-7-11-25)33(31(30)21-34)26-12-8-5-9-13-26/h4-19H,20-21H2,1-3H3. The maximum Gasteiger partial charge on any atom is 0.243 e. The summed E-state index contributed by atoms with van der Waals surface area (Å²) in [4.78, 5) is 0.340. The molecule has 0 fully saturated rings. The van der Waals surface area contributed by atoms with Gasteiger partial charge in [-0.05, 0) is 88.2 Å². The molecule has 5 aromatic rings. The monoisotopic (exact) mass is 503 g/mol. The summed E-state index contributed by atoms with van der Waals surface area (Å²) in [5.41, 5.74) is 10.2. The fourth-order valence-electron chi connectivity index (χ4n) is 5.49. The van der Waals surface area contributed by atoms with Crippen molar-refractivity contribution in [3.05, 3.63) is 125 Å². The molecule has 3 nitrogen and oxygen atoms in total. The molecule has 0 spiro atoms. The summed E-state index contributed by atoms with van der Waals surface area (Å²) in [5, 5.41) is 2.31. The third-order valence-electron chi connectivity index (χ3n) is 7.60. The number of fused-ring (bicyclic) bond motifs is 3. The van der Waals surface area contributed by atoms with Crippen molar-refractivity contribution in [2.45, 2.75) is 38.8 Å². The van der Waals surface area contributed by atoms with Gasteiger partial charge >= 0.3 is 0 Å². The van der Waals surface area contributed by atoms with Gasteiger partial charge < -0.3 is 0 Å². The predicted molar refractivity (Wildman–Crippen MR) is 152 cm³/mol. The van der Waals surface area contributed by atoms with Crippen molar-refractivity contribution in [3.8, 4) is 22.3 Å².